The topological polar surface area (TPSA) is 43.8 Å². The highest BCUT2D eigenvalue weighted by atomic mass is 16.3. The van der Waals surface area contributed by atoms with Gasteiger partial charge in [0.15, 0.2) is 0 Å². The first-order chi connectivity index (χ1) is 11.5. The minimum Gasteiger partial charge on any atom is -0.388 e. The monoisotopic (exact) mass is 326 g/mol. The normalized spacial score (nSPS) is 11.8. The van der Waals surface area contributed by atoms with Crippen molar-refractivity contribution in [3.05, 3.63) is 65.7 Å². The van der Waals surface area contributed by atoms with Gasteiger partial charge in [0.1, 0.15) is 0 Å². The standard InChI is InChI=1S/C20H26N2O2/c1-4-22(15-16-10-12-18(13-11-16)21(2)3)20(24)14-19(23)17-8-6-5-7-9-17/h5-13,19,23H,4,14-15H2,1-3H3. The van der Waals surface area contributed by atoms with Crippen molar-refractivity contribution in [2.24, 2.45) is 0 Å². The lowest BCUT2D eigenvalue weighted by Gasteiger charge is -2.23. The van der Waals surface area contributed by atoms with Gasteiger partial charge in [0.2, 0.25) is 5.91 Å². The summed E-state index contributed by atoms with van der Waals surface area (Å²) in [5, 5.41) is 10.2. The van der Waals surface area contributed by atoms with Crippen LogP contribution in [-0.4, -0.2) is 36.6 Å². The van der Waals surface area contributed by atoms with Crippen molar-refractivity contribution in [3.63, 3.8) is 0 Å². The van der Waals surface area contributed by atoms with E-state index in [1.165, 1.54) is 0 Å². The molecule has 2 aromatic rings. The van der Waals surface area contributed by atoms with Gasteiger partial charge in [0, 0.05) is 32.9 Å². The molecule has 1 amide bonds. The first-order valence-electron chi connectivity index (χ1n) is 8.28. The minimum atomic E-state index is -0.760. The molecule has 0 aliphatic carbocycles. The molecule has 0 aromatic heterocycles. The van der Waals surface area contributed by atoms with Crippen molar-refractivity contribution in [1.82, 2.24) is 4.90 Å². The molecule has 0 aliphatic rings. The summed E-state index contributed by atoms with van der Waals surface area (Å²) in [5.74, 6) is -0.0365. The molecule has 0 spiro atoms. The van der Waals surface area contributed by atoms with Gasteiger partial charge in [-0.2, -0.15) is 0 Å². The summed E-state index contributed by atoms with van der Waals surface area (Å²) in [4.78, 5) is 16.3. The van der Waals surface area contributed by atoms with E-state index in [0.29, 0.717) is 13.1 Å². The Morgan fingerprint density at radius 2 is 1.67 bits per heavy atom. The third kappa shape index (κ3) is 4.83. The van der Waals surface area contributed by atoms with Crippen LogP contribution in [0.15, 0.2) is 54.6 Å². The molecule has 0 aliphatic heterocycles. The molecule has 0 heterocycles. The Kier molecular flexibility index (Phi) is 6.38. The molecule has 0 fully saturated rings. The third-order valence-electron chi connectivity index (χ3n) is 4.11. The zero-order valence-corrected chi connectivity index (χ0v) is 14.6. The van der Waals surface area contributed by atoms with Gasteiger partial charge in [-0.25, -0.2) is 0 Å². The van der Waals surface area contributed by atoms with Gasteiger partial charge in [-0.3, -0.25) is 4.79 Å². The Labute approximate surface area is 144 Å². The van der Waals surface area contributed by atoms with E-state index in [0.717, 1.165) is 16.8 Å². The number of anilines is 1. The molecule has 1 N–H and O–H groups in total. The third-order valence-corrected chi connectivity index (χ3v) is 4.11. The second-order valence-electron chi connectivity index (χ2n) is 6.10. The van der Waals surface area contributed by atoms with Crippen molar-refractivity contribution in [1.29, 1.82) is 0 Å². The highest BCUT2D eigenvalue weighted by Gasteiger charge is 2.18. The highest BCUT2D eigenvalue weighted by molar-refractivity contribution is 5.77. The summed E-state index contributed by atoms with van der Waals surface area (Å²) in [6.45, 7) is 3.14. The fourth-order valence-electron chi connectivity index (χ4n) is 2.58. The number of carbonyl (C=O) groups excluding carboxylic acids is 1. The lowest BCUT2D eigenvalue weighted by Crippen LogP contribution is -2.31. The zero-order chi connectivity index (χ0) is 17.5. The van der Waals surface area contributed by atoms with E-state index in [4.69, 9.17) is 0 Å². The van der Waals surface area contributed by atoms with E-state index in [1.54, 1.807) is 4.90 Å². The van der Waals surface area contributed by atoms with Gasteiger partial charge in [0.05, 0.1) is 12.5 Å². The predicted molar refractivity (Wildman–Crippen MR) is 97.9 cm³/mol. The average molecular weight is 326 g/mol. The van der Waals surface area contributed by atoms with Crippen LogP contribution in [0, 0.1) is 0 Å². The number of aliphatic hydroxyl groups is 1. The average Bonchev–Trinajstić information content (AvgIpc) is 2.60. The predicted octanol–water partition coefficient (Wildman–Crippen LogP) is 3.22. The first kappa shape index (κ1) is 18.0. The van der Waals surface area contributed by atoms with Gasteiger partial charge in [-0.05, 0) is 30.2 Å². The lowest BCUT2D eigenvalue weighted by molar-refractivity contribution is -0.133. The van der Waals surface area contributed by atoms with Crippen LogP contribution in [0.3, 0.4) is 0 Å². The molecule has 1 atom stereocenters. The van der Waals surface area contributed by atoms with E-state index in [1.807, 2.05) is 80.5 Å². The molecule has 4 heteroatoms. The number of aliphatic hydroxyl groups excluding tert-OH is 1. The number of benzene rings is 2. The van der Waals surface area contributed by atoms with E-state index >= 15 is 0 Å². The maximum Gasteiger partial charge on any atom is 0.225 e. The molecule has 0 saturated carbocycles. The molecule has 2 aromatic carbocycles. The molecule has 1 unspecified atom stereocenters. The van der Waals surface area contributed by atoms with Crippen LogP contribution in [0.4, 0.5) is 5.69 Å². The number of carbonyl (C=O) groups is 1. The fraction of sp³-hybridized carbons (Fsp3) is 0.350. The Hall–Kier alpha value is -2.33. The molecule has 24 heavy (non-hydrogen) atoms. The van der Waals surface area contributed by atoms with E-state index in [9.17, 15) is 9.90 Å². The van der Waals surface area contributed by atoms with Crippen LogP contribution in [0.25, 0.3) is 0 Å². The number of hydrogen-bond donors (Lipinski definition) is 1. The molecule has 4 nitrogen and oxygen atoms in total. The highest BCUT2D eigenvalue weighted by Crippen LogP contribution is 2.19. The van der Waals surface area contributed by atoms with Crippen LogP contribution in [0.2, 0.25) is 0 Å². The van der Waals surface area contributed by atoms with Crippen molar-refractivity contribution in [2.75, 3.05) is 25.5 Å². The summed E-state index contributed by atoms with van der Waals surface area (Å²) in [7, 11) is 4.00. The largest absolute Gasteiger partial charge is 0.388 e. The molecular formula is C20H26N2O2. The molecule has 0 radical (unpaired) electrons. The summed E-state index contributed by atoms with van der Waals surface area (Å²) in [6, 6.07) is 17.5. The summed E-state index contributed by atoms with van der Waals surface area (Å²) in [5.41, 5.74) is 3.00. The zero-order valence-electron chi connectivity index (χ0n) is 14.6. The van der Waals surface area contributed by atoms with Crippen molar-refractivity contribution < 1.29 is 9.90 Å². The first-order valence-corrected chi connectivity index (χ1v) is 8.28. The van der Waals surface area contributed by atoms with Gasteiger partial charge < -0.3 is 14.9 Å². The Morgan fingerprint density at radius 3 is 2.21 bits per heavy atom. The number of nitrogens with zero attached hydrogens (tertiary/aromatic N) is 2. The van der Waals surface area contributed by atoms with E-state index in [2.05, 4.69) is 0 Å². The minimum absolute atomic E-state index is 0.0365. The summed E-state index contributed by atoms with van der Waals surface area (Å²) >= 11 is 0. The lowest BCUT2D eigenvalue weighted by atomic mass is 10.1. The van der Waals surface area contributed by atoms with E-state index < -0.39 is 6.10 Å². The van der Waals surface area contributed by atoms with Gasteiger partial charge in [0.25, 0.3) is 0 Å². The summed E-state index contributed by atoms with van der Waals surface area (Å²) in [6.07, 6.45) is -0.656. The van der Waals surface area contributed by atoms with Crippen LogP contribution >= 0.6 is 0 Å². The fourth-order valence-corrected chi connectivity index (χ4v) is 2.58. The second kappa shape index (κ2) is 8.50. The Morgan fingerprint density at radius 1 is 1.04 bits per heavy atom. The van der Waals surface area contributed by atoms with Gasteiger partial charge in [-0.1, -0.05) is 42.5 Å². The Balaban J connectivity index is 1.98. The molecule has 2 rings (SSSR count). The summed E-state index contributed by atoms with van der Waals surface area (Å²) < 4.78 is 0. The smallest absolute Gasteiger partial charge is 0.225 e. The van der Waals surface area contributed by atoms with E-state index in [-0.39, 0.29) is 12.3 Å². The molecule has 0 saturated heterocycles. The van der Waals surface area contributed by atoms with Crippen LogP contribution in [-0.2, 0) is 11.3 Å². The van der Waals surface area contributed by atoms with Crippen molar-refractivity contribution in [2.45, 2.75) is 26.0 Å². The number of hydrogen-bond acceptors (Lipinski definition) is 3. The van der Waals surface area contributed by atoms with Crippen molar-refractivity contribution >= 4 is 11.6 Å². The van der Waals surface area contributed by atoms with Crippen molar-refractivity contribution in [3.8, 4) is 0 Å². The van der Waals surface area contributed by atoms with Crippen LogP contribution in [0.5, 0.6) is 0 Å². The quantitative estimate of drug-likeness (QED) is 0.849. The SMILES string of the molecule is CCN(Cc1ccc(N(C)C)cc1)C(=O)CC(O)c1ccccc1. The maximum absolute atomic E-state index is 12.5. The van der Waals surface area contributed by atoms with Crippen LogP contribution < -0.4 is 4.90 Å². The molecule has 128 valence electrons. The maximum atomic E-state index is 12.5. The molecular weight excluding hydrogens is 300 g/mol. The van der Waals surface area contributed by atoms with Gasteiger partial charge in [-0.15, -0.1) is 0 Å². The molecule has 0 bridgehead atoms. The Bertz CT molecular complexity index is 638. The second-order valence-corrected chi connectivity index (χ2v) is 6.10. The number of amides is 1. The number of rotatable bonds is 7. The van der Waals surface area contributed by atoms with Crippen LogP contribution in [0.1, 0.15) is 30.6 Å². The van der Waals surface area contributed by atoms with Gasteiger partial charge >= 0.3 is 0 Å².